The summed E-state index contributed by atoms with van der Waals surface area (Å²) in [6.45, 7) is 6.76. The number of fused-ring (bicyclic) bond motifs is 1. The Hall–Kier alpha value is -2.96. The number of nitrogens with one attached hydrogen (secondary N) is 2. The van der Waals surface area contributed by atoms with Gasteiger partial charge < -0.3 is 15.7 Å². The van der Waals surface area contributed by atoms with Gasteiger partial charge in [-0.15, -0.1) is 0 Å². The van der Waals surface area contributed by atoms with Gasteiger partial charge in [0.25, 0.3) is 5.91 Å². The predicted octanol–water partition coefficient (Wildman–Crippen LogP) is 1.97. The quantitative estimate of drug-likeness (QED) is 0.758. The summed E-state index contributed by atoms with van der Waals surface area (Å²) in [7, 11) is 0. The molecule has 0 saturated heterocycles. The summed E-state index contributed by atoms with van der Waals surface area (Å²) in [6.07, 6.45) is 3.11. The Morgan fingerprint density at radius 3 is 2.35 bits per heavy atom. The highest BCUT2D eigenvalue weighted by Crippen LogP contribution is 2.22. The summed E-state index contributed by atoms with van der Waals surface area (Å²) in [6, 6.07) is 5.37. The predicted molar refractivity (Wildman–Crippen MR) is 97.7 cm³/mol. The van der Waals surface area contributed by atoms with Crippen molar-refractivity contribution in [2.75, 3.05) is 0 Å². The third-order valence-electron chi connectivity index (χ3n) is 4.05. The van der Waals surface area contributed by atoms with Gasteiger partial charge in [0.15, 0.2) is 0 Å². The van der Waals surface area contributed by atoms with E-state index in [1.807, 2.05) is 24.3 Å². The number of carbonyl (C=O) groups excluding carboxylic acids is 2. The number of pyridine rings is 1. The molecular formula is C19H23N3O4. The van der Waals surface area contributed by atoms with Crippen molar-refractivity contribution in [1.82, 2.24) is 15.6 Å². The summed E-state index contributed by atoms with van der Waals surface area (Å²) < 4.78 is 0. The Bertz CT molecular complexity index is 837. The summed E-state index contributed by atoms with van der Waals surface area (Å²) in [5.41, 5.74) is -0.257. The van der Waals surface area contributed by atoms with Gasteiger partial charge in [-0.2, -0.15) is 0 Å². The Morgan fingerprint density at radius 1 is 1.08 bits per heavy atom. The molecule has 26 heavy (non-hydrogen) atoms. The second-order valence-corrected chi connectivity index (χ2v) is 7.25. The molecule has 1 heterocycles. The zero-order valence-electron chi connectivity index (χ0n) is 15.2. The molecular weight excluding hydrogens is 334 g/mol. The van der Waals surface area contributed by atoms with E-state index >= 15 is 0 Å². The average Bonchev–Trinajstić information content (AvgIpc) is 2.57. The lowest BCUT2D eigenvalue weighted by Gasteiger charge is -2.31. The largest absolute Gasteiger partial charge is 0.480 e. The number of aromatic nitrogens is 1. The highest BCUT2D eigenvalue weighted by Gasteiger charge is 2.34. The lowest BCUT2D eigenvalue weighted by Crippen LogP contribution is -2.56. The van der Waals surface area contributed by atoms with Crippen LogP contribution in [-0.2, 0) is 9.59 Å². The summed E-state index contributed by atoms with van der Waals surface area (Å²) in [5, 5.41) is 15.7. The molecule has 0 radical (unpaired) electrons. The van der Waals surface area contributed by atoms with E-state index in [2.05, 4.69) is 15.6 Å². The molecule has 0 spiro atoms. The topological polar surface area (TPSA) is 108 Å². The normalized spacial score (nSPS) is 13.7. The van der Waals surface area contributed by atoms with E-state index in [-0.39, 0.29) is 0 Å². The Balaban J connectivity index is 2.29. The maximum absolute atomic E-state index is 12.8. The van der Waals surface area contributed by atoms with Crippen LogP contribution in [0.5, 0.6) is 0 Å². The molecule has 7 nitrogen and oxygen atoms in total. The van der Waals surface area contributed by atoms with E-state index in [0.29, 0.717) is 5.56 Å². The van der Waals surface area contributed by atoms with Crippen molar-refractivity contribution in [3.63, 3.8) is 0 Å². The second-order valence-electron chi connectivity index (χ2n) is 7.25. The van der Waals surface area contributed by atoms with Crippen LogP contribution >= 0.6 is 0 Å². The molecule has 0 aliphatic rings. The first kappa shape index (κ1) is 19.4. The van der Waals surface area contributed by atoms with Crippen LogP contribution < -0.4 is 10.6 Å². The van der Waals surface area contributed by atoms with Crippen LogP contribution in [0.15, 0.2) is 36.7 Å². The fourth-order valence-corrected chi connectivity index (χ4v) is 2.54. The molecule has 0 fully saturated rings. The number of hydrogen-bond donors (Lipinski definition) is 3. The molecule has 138 valence electrons. The summed E-state index contributed by atoms with van der Waals surface area (Å²) in [4.78, 5) is 40.4. The Labute approximate surface area is 151 Å². The van der Waals surface area contributed by atoms with Gasteiger partial charge in [0.2, 0.25) is 5.91 Å². The molecule has 2 amide bonds. The molecule has 1 aromatic heterocycles. The molecule has 0 saturated carbocycles. The highest BCUT2D eigenvalue weighted by molar-refractivity contribution is 6.07. The number of amides is 2. The molecule has 0 aliphatic carbocycles. The fraction of sp³-hybridized carbons (Fsp3) is 0.368. The minimum Gasteiger partial charge on any atom is -0.480 e. The van der Waals surface area contributed by atoms with Crippen molar-refractivity contribution in [1.29, 1.82) is 0 Å². The number of carboxylic acid groups (broad SMARTS) is 1. The number of benzene rings is 1. The molecule has 0 bridgehead atoms. The monoisotopic (exact) mass is 357 g/mol. The van der Waals surface area contributed by atoms with Crippen LogP contribution in [0.25, 0.3) is 10.8 Å². The first-order valence-electron chi connectivity index (χ1n) is 8.28. The van der Waals surface area contributed by atoms with Gasteiger partial charge in [-0.05, 0) is 17.7 Å². The van der Waals surface area contributed by atoms with E-state index in [9.17, 15) is 14.4 Å². The number of hydrogen-bond acceptors (Lipinski definition) is 4. The number of nitrogens with zero attached hydrogens (tertiary/aromatic N) is 1. The number of carboxylic acids is 1. The molecule has 2 rings (SSSR count). The van der Waals surface area contributed by atoms with E-state index in [4.69, 9.17) is 5.11 Å². The van der Waals surface area contributed by atoms with E-state index in [1.165, 1.54) is 13.1 Å². The van der Waals surface area contributed by atoms with E-state index in [1.54, 1.807) is 27.0 Å². The average molecular weight is 357 g/mol. The van der Waals surface area contributed by atoms with Gasteiger partial charge in [-0.25, -0.2) is 0 Å². The van der Waals surface area contributed by atoms with Gasteiger partial charge in [0.05, 0.1) is 5.56 Å². The minimum atomic E-state index is -1.14. The Morgan fingerprint density at radius 2 is 1.73 bits per heavy atom. The van der Waals surface area contributed by atoms with Crippen LogP contribution in [0.4, 0.5) is 0 Å². The second kappa shape index (κ2) is 7.51. The lowest BCUT2D eigenvalue weighted by molar-refractivity contribution is -0.142. The van der Waals surface area contributed by atoms with Gasteiger partial charge in [-0.1, -0.05) is 45.0 Å². The van der Waals surface area contributed by atoms with Crippen LogP contribution in [0.2, 0.25) is 0 Å². The van der Waals surface area contributed by atoms with Gasteiger partial charge in [0.1, 0.15) is 12.1 Å². The van der Waals surface area contributed by atoms with Gasteiger partial charge >= 0.3 is 5.97 Å². The molecule has 7 heteroatoms. The highest BCUT2D eigenvalue weighted by atomic mass is 16.4. The number of aliphatic carboxylic acids is 1. The third kappa shape index (κ3) is 4.36. The first-order chi connectivity index (χ1) is 12.1. The van der Waals surface area contributed by atoms with Crippen LogP contribution in [0.1, 0.15) is 38.1 Å². The maximum atomic E-state index is 12.8. The van der Waals surface area contributed by atoms with Crippen LogP contribution in [0, 0.1) is 5.41 Å². The van der Waals surface area contributed by atoms with Crippen molar-refractivity contribution in [3.05, 3.63) is 42.2 Å². The van der Waals surface area contributed by atoms with Crippen molar-refractivity contribution < 1.29 is 19.5 Å². The molecule has 2 atom stereocenters. The van der Waals surface area contributed by atoms with Crippen molar-refractivity contribution >= 4 is 28.6 Å². The van der Waals surface area contributed by atoms with Crippen LogP contribution in [-0.4, -0.2) is 40.0 Å². The van der Waals surface area contributed by atoms with Gasteiger partial charge in [0, 0.05) is 17.8 Å². The summed E-state index contributed by atoms with van der Waals surface area (Å²) >= 11 is 0. The third-order valence-corrected chi connectivity index (χ3v) is 4.05. The van der Waals surface area contributed by atoms with Crippen molar-refractivity contribution in [2.24, 2.45) is 5.41 Å². The molecule has 0 unspecified atom stereocenters. The fourth-order valence-electron chi connectivity index (χ4n) is 2.54. The SMILES string of the molecule is C[C@H](NC(=O)[C@@H](NC(=O)c1cncc2ccccc12)C(C)(C)C)C(=O)O. The smallest absolute Gasteiger partial charge is 0.325 e. The summed E-state index contributed by atoms with van der Waals surface area (Å²) in [5.74, 6) is -2.13. The number of rotatable bonds is 5. The zero-order chi connectivity index (χ0) is 19.5. The minimum absolute atomic E-state index is 0.358. The molecule has 3 N–H and O–H groups in total. The maximum Gasteiger partial charge on any atom is 0.325 e. The molecule has 1 aromatic carbocycles. The Kier molecular flexibility index (Phi) is 5.59. The van der Waals surface area contributed by atoms with E-state index in [0.717, 1.165) is 10.8 Å². The lowest BCUT2D eigenvalue weighted by atomic mass is 9.85. The molecule has 0 aliphatic heterocycles. The van der Waals surface area contributed by atoms with Crippen LogP contribution in [0.3, 0.4) is 0 Å². The first-order valence-corrected chi connectivity index (χ1v) is 8.28. The van der Waals surface area contributed by atoms with E-state index < -0.39 is 35.3 Å². The number of carbonyl (C=O) groups is 3. The molecule has 2 aromatic rings. The van der Waals surface area contributed by atoms with Crippen molar-refractivity contribution in [2.45, 2.75) is 39.8 Å². The standard InChI is InChI=1S/C19H23N3O4/c1-11(18(25)26)21-17(24)15(19(2,3)4)22-16(23)14-10-20-9-12-7-5-6-8-13(12)14/h5-11,15H,1-4H3,(H,21,24)(H,22,23)(H,25,26)/t11-,15+/m0/s1. The zero-order valence-corrected chi connectivity index (χ0v) is 15.2. The van der Waals surface area contributed by atoms with Gasteiger partial charge in [-0.3, -0.25) is 19.4 Å². The van der Waals surface area contributed by atoms with Crippen molar-refractivity contribution in [3.8, 4) is 0 Å².